The molecule has 1 fully saturated rings. The van der Waals surface area contributed by atoms with E-state index < -0.39 is 11.1 Å². The van der Waals surface area contributed by atoms with Gasteiger partial charge in [0.25, 0.3) is 0 Å². The van der Waals surface area contributed by atoms with E-state index in [1.54, 1.807) is 0 Å². The summed E-state index contributed by atoms with van der Waals surface area (Å²) in [6.45, 7) is 0.869. The zero-order chi connectivity index (χ0) is 5.28. The molecule has 0 aliphatic carbocycles. The zero-order valence-corrected chi connectivity index (χ0v) is 5.53. The van der Waals surface area contributed by atoms with Gasteiger partial charge in [-0.05, 0) is 0 Å². The van der Waals surface area contributed by atoms with Crippen LogP contribution in [0.5, 0.6) is 0 Å². The first-order valence-electron chi connectivity index (χ1n) is 2.08. The van der Waals surface area contributed by atoms with Crippen LogP contribution in [0.2, 0.25) is 0 Å². The number of hydrogen-bond acceptors (Lipinski definition) is 3. The summed E-state index contributed by atoms with van der Waals surface area (Å²) in [5.41, 5.74) is 0. The van der Waals surface area contributed by atoms with Gasteiger partial charge in [-0.3, -0.25) is 4.21 Å². The van der Waals surface area contributed by atoms with E-state index in [2.05, 4.69) is 5.32 Å². The van der Waals surface area contributed by atoms with Crippen molar-refractivity contribution >= 4 is 11.1 Å². The Morgan fingerprint density at radius 2 is 2.50 bits per heavy atom. The molecular formula is C3H7LiNO2S-. The van der Waals surface area contributed by atoms with Crippen LogP contribution in [-0.2, 0) is 11.1 Å². The first-order valence-corrected chi connectivity index (χ1v) is 3.32. The van der Waals surface area contributed by atoms with Crippen molar-refractivity contribution in [1.29, 1.82) is 0 Å². The molecule has 5 heteroatoms. The molecule has 0 spiro atoms. The molecule has 1 aliphatic rings. The quantitative estimate of drug-likeness (QED) is 0.234. The molecule has 2 unspecified atom stereocenters. The molecule has 3 nitrogen and oxygen atoms in total. The fourth-order valence-electron chi connectivity index (χ4n) is 0.365. The van der Waals surface area contributed by atoms with Crippen LogP contribution in [0.3, 0.4) is 0 Å². The summed E-state index contributed by atoms with van der Waals surface area (Å²) >= 11 is -1.85. The van der Waals surface area contributed by atoms with Crippen molar-refractivity contribution in [1.82, 2.24) is 5.32 Å². The van der Waals surface area contributed by atoms with Crippen LogP contribution in [0.1, 0.15) is 1.43 Å². The van der Waals surface area contributed by atoms with Crippen molar-refractivity contribution in [2.45, 2.75) is 6.04 Å². The van der Waals surface area contributed by atoms with Gasteiger partial charge in [-0.2, -0.15) is 0 Å². The Morgan fingerprint density at radius 1 is 2.00 bits per heavy atom. The summed E-state index contributed by atoms with van der Waals surface area (Å²) in [6, 6.07) is 0.262. The molecule has 0 radical (unpaired) electrons. The average Bonchev–Trinajstić information content (AvgIpc) is 2.17. The number of rotatable bonds is 2. The maximum Gasteiger partial charge on any atom is 1.00 e. The molecule has 0 saturated carbocycles. The van der Waals surface area contributed by atoms with E-state index in [1.807, 2.05) is 0 Å². The third-order valence-electron chi connectivity index (χ3n) is 0.830. The molecule has 8 heavy (non-hydrogen) atoms. The fourth-order valence-corrected chi connectivity index (χ4v) is 0.930. The Kier molecular flexibility index (Phi) is 3.95. The molecule has 2 atom stereocenters. The molecule has 0 aromatic heterocycles. The van der Waals surface area contributed by atoms with Gasteiger partial charge < -0.3 is 11.3 Å². The Bertz CT molecular complexity index is 99.8. The van der Waals surface area contributed by atoms with Gasteiger partial charge in [-0.25, -0.2) is 0 Å². The maximum absolute atomic E-state index is 9.81. The van der Waals surface area contributed by atoms with Gasteiger partial charge in [0.1, 0.15) is 0 Å². The van der Waals surface area contributed by atoms with Crippen LogP contribution >= 0.6 is 0 Å². The molecule has 0 aromatic rings. The summed E-state index contributed by atoms with van der Waals surface area (Å²) in [7, 11) is 0. The predicted molar refractivity (Wildman–Crippen MR) is 26.7 cm³/mol. The molecule has 0 amide bonds. The Morgan fingerprint density at radius 3 is 2.62 bits per heavy atom. The molecule has 0 aromatic carbocycles. The number of hydrogen-bond donors (Lipinski definition) is 1. The SMILES string of the molecule is O=S([O-])CC1CN1.[H-].[Li+]. The predicted octanol–water partition coefficient (Wildman–Crippen LogP) is -4.05. The summed E-state index contributed by atoms with van der Waals surface area (Å²) in [5.74, 6) is 0.278. The standard InChI is InChI=1S/C3H7NO2S.Li.H/c5-7(6)2-3-1-4-3;;/h3-4H,1-2H2,(H,5,6);;/q;+1;-1/p-1. The molecule has 1 N–H and O–H groups in total. The second kappa shape index (κ2) is 3.65. The van der Waals surface area contributed by atoms with Crippen LogP contribution < -0.4 is 24.2 Å². The van der Waals surface area contributed by atoms with E-state index in [0.29, 0.717) is 0 Å². The van der Waals surface area contributed by atoms with E-state index in [1.165, 1.54) is 0 Å². The van der Waals surface area contributed by atoms with Crippen molar-refractivity contribution in [3.63, 3.8) is 0 Å². The van der Waals surface area contributed by atoms with Gasteiger partial charge in [-0.1, -0.05) is 11.1 Å². The van der Waals surface area contributed by atoms with E-state index in [9.17, 15) is 8.76 Å². The minimum absolute atomic E-state index is 0. The van der Waals surface area contributed by atoms with Crippen LogP contribution in [0.25, 0.3) is 0 Å². The molecule has 0 bridgehead atoms. The summed E-state index contributed by atoms with van der Waals surface area (Å²) in [5, 5.41) is 2.87. The number of nitrogens with one attached hydrogen (secondary N) is 1. The average molecular weight is 128 g/mol. The third kappa shape index (κ3) is 3.64. The Labute approximate surface area is 64.2 Å². The van der Waals surface area contributed by atoms with Gasteiger partial charge in [0, 0.05) is 18.3 Å². The maximum atomic E-state index is 9.81. The van der Waals surface area contributed by atoms with Gasteiger partial charge in [-0.15, -0.1) is 0 Å². The Balaban J connectivity index is 0. The van der Waals surface area contributed by atoms with Crippen LogP contribution in [-0.4, -0.2) is 27.1 Å². The molecule has 1 saturated heterocycles. The molecule has 1 aliphatic heterocycles. The van der Waals surface area contributed by atoms with Crippen molar-refractivity contribution in [3.8, 4) is 0 Å². The van der Waals surface area contributed by atoms with Crippen molar-refractivity contribution < 1.29 is 29.0 Å². The molecule has 1 rings (SSSR count). The normalized spacial score (nSPS) is 28.4. The summed E-state index contributed by atoms with van der Waals surface area (Å²) in [4.78, 5) is 0. The molecular weight excluding hydrogens is 121 g/mol. The minimum Gasteiger partial charge on any atom is -1.00 e. The monoisotopic (exact) mass is 128 g/mol. The smallest absolute Gasteiger partial charge is 1.00 e. The van der Waals surface area contributed by atoms with Gasteiger partial charge in [0.05, 0.1) is 0 Å². The largest absolute Gasteiger partial charge is 1.00 e. The molecule has 44 valence electrons. The third-order valence-corrected chi connectivity index (χ3v) is 1.50. The molecule has 1 heterocycles. The van der Waals surface area contributed by atoms with E-state index >= 15 is 0 Å². The van der Waals surface area contributed by atoms with Crippen molar-refractivity contribution in [3.05, 3.63) is 0 Å². The van der Waals surface area contributed by atoms with Gasteiger partial charge >= 0.3 is 18.9 Å². The second-order valence-corrected chi connectivity index (χ2v) is 2.52. The second-order valence-electron chi connectivity index (χ2n) is 1.58. The first-order chi connectivity index (χ1) is 3.29. The van der Waals surface area contributed by atoms with E-state index in [0.717, 1.165) is 6.54 Å². The summed E-state index contributed by atoms with van der Waals surface area (Å²) < 4.78 is 19.6. The zero-order valence-electron chi connectivity index (χ0n) is 5.72. The van der Waals surface area contributed by atoms with Gasteiger partial charge in [0.15, 0.2) is 0 Å². The van der Waals surface area contributed by atoms with Crippen LogP contribution in [0.15, 0.2) is 0 Å². The van der Waals surface area contributed by atoms with Crippen LogP contribution in [0.4, 0.5) is 0 Å². The topological polar surface area (TPSA) is 62.1 Å². The Hall–Kier alpha value is 0.667. The van der Waals surface area contributed by atoms with Gasteiger partial charge in [0.2, 0.25) is 0 Å². The summed E-state index contributed by atoms with van der Waals surface area (Å²) in [6.07, 6.45) is 0. The van der Waals surface area contributed by atoms with Crippen LogP contribution in [0, 0.1) is 0 Å². The fraction of sp³-hybridized carbons (Fsp3) is 1.00. The van der Waals surface area contributed by atoms with Crippen molar-refractivity contribution in [2.75, 3.05) is 12.3 Å². The first kappa shape index (κ1) is 8.67. The minimum atomic E-state index is -1.85. The van der Waals surface area contributed by atoms with E-state index in [-0.39, 0.29) is 32.1 Å². The van der Waals surface area contributed by atoms with E-state index in [4.69, 9.17) is 0 Å². The van der Waals surface area contributed by atoms with Crippen molar-refractivity contribution in [2.24, 2.45) is 0 Å².